The molecule has 0 aliphatic heterocycles. The Morgan fingerprint density at radius 1 is 1.03 bits per heavy atom. The topological polar surface area (TPSA) is 142 Å². The molecular weight excluding hydrogens is 434 g/mol. The molecule has 0 unspecified atom stereocenters. The van der Waals surface area contributed by atoms with Gasteiger partial charge in [-0.2, -0.15) is 5.10 Å². The molecule has 32 heavy (non-hydrogen) atoms. The van der Waals surface area contributed by atoms with E-state index in [0.29, 0.717) is 5.69 Å². The standard InChI is InChI=1S/C21H23N5O5S/c1-14-8-9-17(12-15(14)2)32(30,31)22-11-10-19(28)23-24-21(29)20-18(27)13-26(25-20)16-6-4-3-5-7-16/h3-9,12-13,22,27H,10-11H2,1-2H3,(H,23,28)(H,24,29). The van der Waals surface area contributed by atoms with Crippen LogP contribution in [0.4, 0.5) is 0 Å². The minimum absolute atomic E-state index is 0.110. The molecule has 168 valence electrons. The van der Waals surface area contributed by atoms with E-state index in [1.54, 1.807) is 36.4 Å². The number of para-hydroxylation sites is 1. The molecule has 0 spiro atoms. The molecule has 0 aliphatic carbocycles. The second kappa shape index (κ2) is 9.62. The van der Waals surface area contributed by atoms with E-state index < -0.39 is 21.8 Å². The molecule has 2 aromatic carbocycles. The van der Waals surface area contributed by atoms with Crippen LogP contribution in [0.1, 0.15) is 28.0 Å². The molecule has 4 N–H and O–H groups in total. The number of hydrogen-bond acceptors (Lipinski definition) is 6. The van der Waals surface area contributed by atoms with E-state index in [9.17, 15) is 23.1 Å². The van der Waals surface area contributed by atoms with Gasteiger partial charge in [0.25, 0.3) is 5.91 Å². The number of carbonyl (C=O) groups excluding carboxylic acids is 2. The Morgan fingerprint density at radius 2 is 1.75 bits per heavy atom. The first-order valence-electron chi connectivity index (χ1n) is 9.67. The van der Waals surface area contributed by atoms with Crippen molar-refractivity contribution in [3.63, 3.8) is 0 Å². The Kier molecular flexibility index (Phi) is 6.91. The lowest BCUT2D eigenvalue weighted by Crippen LogP contribution is -2.43. The van der Waals surface area contributed by atoms with Crippen molar-refractivity contribution in [1.29, 1.82) is 0 Å². The Labute approximate surface area is 185 Å². The van der Waals surface area contributed by atoms with Crippen molar-refractivity contribution in [1.82, 2.24) is 25.4 Å². The summed E-state index contributed by atoms with van der Waals surface area (Å²) in [6.45, 7) is 3.53. The van der Waals surface area contributed by atoms with Gasteiger partial charge in [-0.1, -0.05) is 24.3 Å². The summed E-state index contributed by atoms with van der Waals surface area (Å²) in [6.07, 6.45) is 1.06. The molecule has 0 saturated heterocycles. The van der Waals surface area contributed by atoms with E-state index >= 15 is 0 Å². The molecule has 3 aromatic rings. The van der Waals surface area contributed by atoms with Crippen LogP contribution in [-0.4, -0.2) is 41.7 Å². The summed E-state index contributed by atoms with van der Waals surface area (Å²) in [5.74, 6) is -1.80. The second-order valence-electron chi connectivity index (χ2n) is 7.04. The van der Waals surface area contributed by atoms with Crippen molar-refractivity contribution in [2.45, 2.75) is 25.2 Å². The van der Waals surface area contributed by atoms with Crippen LogP contribution >= 0.6 is 0 Å². The Hall–Kier alpha value is -3.70. The molecule has 1 heterocycles. The second-order valence-corrected chi connectivity index (χ2v) is 8.81. The van der Waals surface area contributed by atoms with Gasteiger partial charge in [0.15, 0.2) is 11.4 Å². The molecule has 2 amide bonds. The van der Waals surface area contributed by atoms with Crippen LogP contribution < -0.4 is 15.6 Å². The van der Waals surface area contributed by atoms with Crippen molar-refractivity contribution in [3.05, 3.63) is 71.5 Å². The van der Waals surface area contributed by atoms with Crippen molar-refractivity contribution in [3.8, 4) is 11.4 Å². The third-order valence-electron chi connectivity index (χ3n) is 4.68. The number of hydrogen-bond donors (Lipinski definition) is 4. The fourth-order valence-corrected chi connectivity index (χ4v) is 3.87. The maximum absolute atomic E-state index is 12.3. The third kappa shape index (κ3) is 5.50. The first-order valence-corrected chi connectivity index (χ1v) is 11.2. The number of amides is 2. The Morgan fingerprint density at radius 3 is 2.44 bits per heavy atom. The van der Waals surface area contributed by atoms with Crippen molar-refractivity contribution >= 4 is 21.8 Å². The van der Waals surface area contributed by atoms with Crippen LogP contribution in [0.15, 0.2) is 59.6 Å². The van der Waals surface area contributed by atoms with Gasteiger partial charge in [0.1, 0.15) is 0 Å². The molecule has 10 nitrogen and oxygen atoms in total. The molecule has 3 rings (SSSR count). The van der Waals surface area contributed by atoms with Crippen LogP contribution in [0.3, 0.4) is 0 Å². The maximum Gasteiger partial charge on any atom is 0.294 e. The maximum atomic E-state index is 12.3. The SMILES string of the molecule is Cc1ccc(S(=O)(=O)NCCC(=O)NNC(=O)c2nn(-c3ccccc3)cc2O)cc1C. The number of benzene rings is 2. The number of nitrogens with zero attached hydrogens (tertiary/aromatic N) is 2. The summed E-state index contributed by atoms with van der Waals surface area (Å²) in [5.41, 5.74) is 6.49. The molecule has 11 heteroatoms. The predicted octanol–water partition coefficient (Wildman–Crippen LogP) is 1.32. The highest BCUT2D eigenvalue weighted by Crippen LogP contribution is 2.18. The van der Waals surface area contributed by atoms with Crippen LogP contribution in [0.5, 0.6) is 5.75 Å². The van der Waals surface area contributed by atoms with Crippen molar-refractivity contribution < 1.29 is 23.1 Å². The van der Waals surface area contributed by atoms with E-state index in [1.165, 1.54) is 16.9 Å². The Balaban J connectivity index is 1.50. The number of carbonyl (C=O) groups is 2. The first kappa shape index (κ1) is 23.0. The summed E-state index contributed by atoms with van der Waals surface area (Å²) >= 11 is 0. The normalized spacial score (nSPS) is 11.2. The largest absolute Gasteiger partial charge is 0.504 e. The van der Waals surface area contributed by atoms with E-state index in [0.717, 1.165) is 11.1 Å². The van der Waals surface area contributed by atoms with Gasteiger partial charge in [-0.25, -0.2) is 17.8 Å². The van der Waals surface area contributed by atoms with Crippen molar-refractivity contribution in [2.24, 2.45) is 0 Å². The molecule has 0 aliphatic rings. The van der Waals surface area contributed by atoms with Gasteiger partial charge >= 0.3 is 0 Å². The number of aryl methyl sites for hydroxylation is 2. The summed E-state index contributed by atoms with van der Waals surface area (Å²) in [4.78, 5) is 24.3. The van der Waals surface area contributed by atoms with Gasteiger partial charge in [0, 0.05) is 13.0 Å². The first-order chi connectivity index (χ1) is 15.2. The number of aromatic hydroxyl groups is 1. The zero-order valence-corrected chi connectivity index (χ0v) is 18.3. The summed E-state index contributed by atoms with van der Waals surface area (Å²) in [7, 11) is -3.76. The van der Waals surface area contributed by atoms with E-state index in [2.05, 4.69) is 20.7 Å². The molecule has 0 radical (unpaired) electrons. The van der Waals surface area contributed by atoms with E-state index in [1.807, 2.05) is 19.9 Å². The van der Waals surface area contributed by atoms with Gasteiger partial charge in [-0.3, -0.25) is 20.4 Å². The van der Waals surface area contributed by atoms with E-state index in [-0.39, 0.29) is 29.3 Å². The van der Waals surface area contributed by atoms with Gasteiger partial charge in [-0.15, -0.1) is 0 Å². The quantitative estimate of drug-likeness (QED) is 0.394. The van der Waals surface area contributed by atoms with E-state index in [4.69, 9.17) is 0 Å². The number of aromatic nitrogens is 2. The van der Waals surface area contributed by atoms with Gasteiger partial charge in [0.2, 0.25) is 15.9 Å². The molecule has 1 aromatic heterocycles. The summed E-state index contributed by atoms with van der Waals surface area (Å²) < 4.78 is 28.3. The molecule has 0 bridgehead atoms. The average Bonchev–Trinajstić information content (AvgIpc) is 3.16. The van der Waals surface area contributed by atoms with Crippen LogP contribution in [0.2, 0.25) is 0 Å². The van der Waals surface area contributed by atoms with Gasteiger partial charge in [0.05, 0.1) is 16.8 Å². The number of sulfonamides is 1. The highest BCUT2D eigenvalue weighted by molar-refractivity contribution is 7.89. The molecule has 0 atom stereocenters. The lowest BCUT2D eigenvalue weighted by Gasteiger charge is -2.09. The average molecular weight is 458 g/mol. The monoisotopic (exact) mass is 457 g/mol. The predicted molar refractivity (Wildman–Crippen MR) is 117 cm³/mol. The van der Waals surface area contributed by atoms with Gasteiger partial charge < -0.3 is 5.11 Å². The third-order valence-corrected chi connectivity index (χ3v) is 6.14. The number of nitrogens with one attached hydrogen (secondary N) is 3. The number of rotatable bonds is 7. The zero-order chi connectivity index (χ0) is 23.3. The van der Waals surface area contributed by atoms with Crippen LogP contribution in [0, 0.1) is 13.8 Å². The molecule has 0 fully saturated rings. The minimum atomic E-state index is -3.76. The fraction of sp³-hybridized carbons (Fsp3) is 0.190. The van der Waals surface area contributed by atoms with Crippen LogP contribution in [0.25, 0.3) is 5.69 Å². The van der Waals surface area contributed by atoms with Crippen LogP contribution in [-0.2, 0) is 14.8 Å². The lowest BCUT2D eigenvalue weighted by molar-refractivity contribution is -0.121. The summed E-state index contributed by atoms with van der Waals surface area (Å²) in [5, 5.41) is 14.0. The highest BCUT2D eigenvalue weighted by Gasteiger charge is 2.18. The van der Waals surface area contributed by atoms with Gasteiger partial charge in [-0.05, 0) is 49.2 Å². The zero-order valence-electron chi connectivity index (χ0n) is 17.5. The fourth-order valence-electron chi connectivity index (χ4n) is 2.75. The molecular formula is C21H23N5O5S. The lowest BCUT2D eigenvalue weighted by atomic mass is 10.1. The number of hydrazine groups is 1. The smallest absolute Gasteiger partial charge is 0.294 e. The molecule has 0 saturated carbocycles. The summed E-state index contributed by atoms with van der Waals surface area (Å²) in [6, 6.07) is 13.6. The minimum Gasteiger partial charge on any atom is -0.504 e. The van der Waals surface area contributed by atoms with Crippen molar-refractivity contribution in [2.75, 3.05) is 6.54 Å². The highest BCUT2D eigenvalue weighted by atomic mass is 32.2. The Bertz CT molecular complexity index is 1240.